The van der Waals surface area contributed by atoms with E-state index in [0.29, 0.717) is 17.9 Å². The third-order valence-corrected chi connectivity index (χ3v) is 3.28. The fourth-order valence-electron chi connectivity index (χ4n) is 1.52. The van der Waals surface area contributed by atoms with E-state index >= 15 is 0 Å². The predicted molar refractivity (Wildman–Crippen MR) is 79.2 cm³/mol. The van der Waals surface area contributed by atoms with E-state index in [2.05, 4.69) is 26.6 Å². The second-order valence-electron chi connectivity index (χ2n) is 4.28. The van der Waals surface area contributed by atoms with Crippen LogP contribution in [0.4, 0.5) is 10.5 Å². The number of ether oxygens (including phenoxy) is 1. The lowest BCUT2D eigenvalue weighted by Gasteiger charge is -2.14. The fraction of sp³-hybridized carbons (Fsp3) is 0.385. The minimum absolute atomic E-state index is 0.0182. The Morgan fingerprint density at radius 1 is 1.45 bits per heavy atom. The summed E-state index contributed by atoms with van der Waals surface area (Å²) in [4.78, 5) is 22.2. The normalized spacial score (nSPS) is 11.6. The van der Waals surface area contributed by atoms with E-state index in [1.54, 1.807) is 32.2 Å². The molecular weight excluding hydrogens is 328 g/mol. The molecule has 0 aromatic heterocycles. The lowest BCUT2D eigenvalue weighted by molar-refractivity contribution is -0.137. The van der Waals surface area contributed by atoms with E-state index in [1.165, 1.54) is 0 Å². The number of hydrogen-bond acceptors (Lipinski definition) is 3. The molecule has 1 aromatic carbocycles. The zero-order valence-electron chi connectivity index (χ0n) is 11.3. The van der Waals surface area contributed by atoms with Gasteiger partial charge in [0.05, 0.1) is 12.8 Å². The summed E-state index contributed by atoms with van der Waals surface area (Å²) in [6.07, 6.45) is 0.395. The van der Waals surface area contributed by atoms with Crippen LogP contribution in [0.3, 0.4) is 0 Å². The van der Waals surface area contributed by atoms with Gasteiger partial charge in [0.2, 0.25) is 0 Å². The molecule has 0 saturated heterocycles. The number of carboxylic acids is 1. The molecular formula is C13H17BrN2O4. The van der Waals surface area contributed by atoms with Gasteiger partial charge in [0.25, 0.3) is 0 Å². The SMILES string of the molecule is COc1ccc(Br)c(NC(=O)NC(C)CCC(=O)O)c1. The number of benzene rings is 1. The van der Waals surface area contributed by atoms with Gasteiger partial charge < -0.3 is 20.5 Å². The first-order valence-electron chi connectivity index (χ1n) is 6.05. The molecule has 2 amide bonds. The molecule has 1 atom stereocenters. The van der Waals surface area contributed by atoms with Crippen molar-refractivity contribution in [3.8, 4) is 5.75 Å². The van der Waals surface area contributed by atoms with Crippen molar-refractivity contribution in [2.75, 3.05) is 12.4 Å². The highest BCUT2D eigenvalue weighted by atomic mass is 79.9. The summed E-state index contributed by atoms with van der Waals surface area (Å²) in [5.74, 6) is -0.253. The van der Waals surface area contributed by atoms with Crippen molar-refractivity contribution in [2.24, 2.45) is 0 Å². The number of anilines is 1. The van der Waals surface area contributed by atoms with Crippen LogP contribution in [0.15, 0.2) is 22.7 Å². The molecule has 0 heterocycles. The van der Waals surface area contributed by atoms with Crippen LogP contribution in [-0.2, 0) is 4.79 Å². The van der Waals surface area contributed by atoms with Gasteiger partial charge in [-0.1, -0.05) is 0 Å². The number of urea groups is 1. The first-order chi connectivity index (χ1) is 9.42. The quantitative estimate of drug-likeness (QED) is 0.740. The van der Waals surface area contributed by atoms with E-state index in [0.717, 1.165) is 4.47 Å². The molecule has 0 aliphatic carbocycles. The molecule has 3 N–H and O–H groups in total. The van der Waals surface area contributed by atoms with E-state index < -0.39 is 12.0 Å². The average molecular weight is 345 g/mol. The zero-order valence-corrected chi connectivity index (χ0v) is 12.9. The smallest absolute Gasteiger partial charge is 0.319 e. The van der Waals surface area contributed by atoms with Crippen LogP contribution in [0, 0.1) is 0 Å². The van der Waals surface area contributed by atoms with Crippen molar-refractivity contribution in [1.82, 2.24) is 5.32 Å². The Bertz CT molecular complexity index is 493. The van der Waals surface area contributed by atoms with Crippen molar-refractivity contribution in [3.63, 3.8) is 0 Å². The van der Waals surface area contributed by atoms with Crippen molar-refractivity contribution in [1.29, 1.82) is 0 Å². The maximum absolute atomic E-state index is 11.8. The zero-order chi connectivity index (χ0) is 15.1. The maximum atomic E-state index is 11.8. The summed E-state index contributed by atoms with van der Waals surface area (Å²) < 4.78 is 5.81. The minimum atomic E-state index is -0.880. The number of carbonyl (C=O) groups excluding carboxylic acids is 1. The van der Waals surface area contributed by atoms with Crippen LogP contribution in [0.25, 0.3) is 0 Å². The van der Waals surface area contributed by atoms with Crippen LogP contribution in [0.5, 0.6) is 5.75 Å². The molecule has 1 unspecified atom stereocenters. The highest BCUT2D eigenvalue weighted by molar-refractivity contribution is 9.10. The van der Waals surface area contributed by atoms with Gasteiger partial charge in [0, 0.05) is 23.0 Å². The van der Waals surface area contributed by atoms with Gasteiger partial charge in [0.1, 0.15) is 5.75 Å². The number of aliphatic carboxylic acids is 1. The fourth-order valence-corrected chi connectivity index (χ4v) is 1.87. The second kappa shape index (κ2) is 7.74. The molecule has 0 spiro atoms. The van der Waals surface area contributed by atoms with E-state index in [9.17, 15) is 9.59 Å². The highest BCUT2D eigenvalue weighted by Gasteiger charge is 2.11. The van der Waals surface area contributed by atoms with Crippen LogP contribution >= 0.6 is 15.9 Å². The van der Waals surface area contributed by atoms with Gasteiger partial charge in [-0.2, -0.15) is 0 Å². The summed E-state index contributed by atoms with van der Waals surface area (Å²) in [7, 11) is 1.54. The van der Waals surface area contributed by atoms with Crippen molar-refractivity contribution >= 4 is 33.6 Å². The number of carbonyl (C=O) groups is 2. The molecule has 0 fully saturated rings. The van der Waals surface area contributed by atoms with Gasteiger partial charge in [-0.05, 0) is 41.4 Å². The molecule has 0 aliphatic rings. The Hall–Kier alpha value is -1.76. The molecule has 1 aromatic rings. The van der Waals surface area contributed by atoms with Gasteiger partial charge in [-0.3, -0.25) is 4.79 Å². The monoisotopic (exact) mass is 344 g/mol. The van der Waals surface area contributed by atoms with Gasteiger partial charge in [-0.25, -0.2) is 4.79 Å². The van der Waals surface area contributed by atoms with Crippen molar-refractivity contribution in [3.05, 3.63) is 22.7 Å². The molecule has 0 radical (unpaired) electrons. The Morgan fingerprint density at radius 2 is 2.15 bits per heavy atom. The molecule has 110 valence electrons. The summed E-state index contributed by atoms with van der Waals surface area (Å²) in [6, 6.07) is 4.60. The van der Waals surface area contributed by atoms with Crippen molar-refractivity contribution < 1.29 is 19.4 Å². The molecule has 0 aliphatic heterocycles. The largest absolute Gasteiger partial charge is 0.497 e. The third kappa shape index (κ3) is 5.48. The van der Waals surface area contributed by atoms with Crippen LogP contribution in [0.2, 0.25) is 0 Å². The first kappa shape index (κ1) is 16.3. The lowest BCUT2D eigenvalue weighted by atomic mass is 10.2. The summed E-state index contributed by atoms with van der Waals surface area (Å²) >= 11 is 3.33. The lowest BCUT2D eigenvalue weighted by Crippen LogP contribution is -2.36. The summed E-state index contributed by atoms with van der Waals surface area (Å²) in [6.45, 7) is 1.75. The Morgan fingerprint density at radius 3 is 2.75 bits per heavy atom. The molecule has 20 heavy (non-hydrogen) atoms. The topological polar surface area (TPSA) is 87.7 Å². The minimum Gasteiger partial charge on any atom is -0.497 e. The molecule has 0 bridgehead atoms. The summed E-state index contributed by atoms with van der Waals surface area (Å²) in [5, 5.41) is 13.9. The second-order valence-corrected chi connectivity index (χ2v) is 5.13. The number of carboxylic acid groups (broad SMARTS) is 1. The Kier molecular flexibility index (Phi) is 6.30. The molecule has 7 heteroatoms. The molecule has 6 nitrogen and oxygen atoms in total. The van der Waals surface area contributed by atoms with Gasteiger partial charge in [0.15, 0.2) is 0 Å². The third-order valence-electron chi connectivity index (χ3n) is 2.59. The van der Waals surface area contributed by atoms with Gasteiger partial charge in [-0.15, -0.1) is 0 Å². The number of hydrogen-bond donors (Lipinski definition) is 3. The number of nitrogens with one attached hydrogen (secondary N) is 2. The number of rotatable bonds is 6. The number of halogens is 1. The summed E-state index contributed by atoms with van der Waals surface area (Å²) in [5.41, 5.74) is 0.576. The molecule has 1 rings (SSSR count). The van der Waals surface area contributed by atoms with Crippen LogP contribution < -0.4 is 15.4 Å². The number of amides is 2. The molecule has 0 saturated carbocycles. The van der Waals surface area contributed by atoms with E-state index in [4.69, 9.17) is 9.84 Å². The predicted octanol–water partition coefficient (Wildman–Crippen LogP) is 2.83. The maximum Gasteiger partial charge on any atom is 0.319 e. The number of methoxy groups -OCH3 is 1. The van der Waals surface area contributed by atoms with Gasteiger partial charge >= 0.3 is 12.0 Å². The van der Waals surface area contributed by atoms with Crippen molar-refractivity contribution in [2.45, 2.75) is 25.8 Å². The Balaban J connectivity index is 2.55. The standard InChI is InChI=1S/C13H17BrN2O4/c1-8(3-6-12(17)18)15-13(19)16-11-7-9(20-2)4-5-10(11)14/h4-5,7-8H,3,6H2,1-2H3,(H,17,18)(H2,15,16,19). The van der Waals surface area contributed by atoms with E-state index in [1.807, 2.05) is 0 Å². The van der Waals surface area contributed by atoms with Crippen LogP contribution in [-0.4, -0.2) is 30.3 Å². The van der Waals surface area contributed by atoms with E-state index in [-0.39, 0.29) is 12.5 Å². The first-order valence-corrected chi connectivity index (χ1v) is 6.84. The average Bonchev–Trinajstić information content (AvgIpc) is 2.39. The van der Waals surface area contributed by atoms with Crippen LogP contribution in [0.1, 0.15) is 19.8 Å². The Labute approximate surface area is 125 Å². The highest BCUT2D eigenvalue weighted by Crippen LogP contribution is 2.26.